The number of piperidine rings is 2. The summed E-state index contributed by atoms with van der Waals surface area (Å²) in [4.78, 5) is 41.4. The Labute approximate surface area is 270 Å². The van der Waals surface area contributed by atoms with Gasteiger partial charge >= 0.3 is 6.01 Å². The lowest BCUT2D eigenvalue weighted by molar-refractivity contribution is -0.131. The summed E-state index contributed by atoms with van der Waals surface area (Å²) in [5.41, 5.74) is 2.83. The van der Waals surface area contributed by atoms with Gasteiger partial charge in [-0.15, -0.1) is 0 Å². The van der Waals surface area contributed by atoms with E-state index in [0.29, 0.717) is 55.8 Å². The quantitative estimate of drug-likeness (QED) is 0.297. The zero-order valence-electron chi connectivity index (χ0n) is 27.7. The highest BCUT2D eigenvalue weighted by atomic mass is 19.1. The molecule has 1 atom stereocenters. The molecule has 1 unspecified atom stereocenters. The number of benzene rings is 1. The van der Waals surface area contributed by atoms with Crippen molar-refractivity contribution in [2.45, 2.75) is 64.5 Å². The van der Waals surface area contributed by atoms with E-state index >= 15 is 0 Å². The summed E-state index contributed by atoms with van der Waals surface area (Å²) < 4.78 is 22.9. The molecule has 1 N–H and O–H groups in total. The first-order chi connectivity index (χ1) is 22.1. The first-order valence-corrected chi connectivity index (χ1v) is 16.3. The van der Waals surface area contributed by atoms with Gasteiger partial charge in [0.05, 0.1) is 6.20 Å². The number of amides is 1. The lowest BCUT2D eigenvalue weighted by Crippen LogP contribution is -2.42. The van der Waals surface area contributed by atoms with Crippen molar-refractivity contribution in [2.24, 2.45) is 5.92 Å². The predicted octanol–water partition coefficient (Wildman–Crippen LogP) is 3.94. The Morgan fingerprint density at radius 3 is 2.67 bits per heavy atom. The van der Waals surface area contributed by atoms with Crippen LogP contribution in [0.2, 0.25) is 0 Å². The zero-order chi connectivity index (χ0) is 32.8. The number of carbonyl (C=O) groups excluding carboxylic acids is 2. The van der Waals surface area contributed by atoms with Gasteiger partial charge in [-0.05, 0) is 69.9 Å². The molecule has 2 fully saturated rings. The smallest absolute Gasteiger partial charge is 0.322 e. The second-order valence-corrected chi connectivity index (χ2v) is 13.2. The number of carbonyl (C=O) groups is 2. The maximum atomic E-state index is 15.0. The van der Waals surface area contributed by atoms with Crippen LogP contribution in [0.1, 0.15) is 62.1 Å². The highest BCUT2D eigenvalue weighted by Gasteiger charge is 2.28. The lowest BCUT2D eigenvalue weighted by atomic mass is 9.90. The van der Waals surface area contributed by atoms with Crippen LogP contribution in [0.4, 0.5) is 10.3 Å². The molecule has 2 aromatic heterocycles. The molecule has 3 aromatic rings. The average molecular weight is 635 g/mol. The molecule has 0 spiro atoms. The van der Waals surface area contributed by atoms with Crippen molar-refractivity contribution in [1.29, 1.82) is 0 Å². The van der Waals surface area contributed by atoms with Gasteiger partial charge in [0, 0.05) is 63.2 Å². The van der Waals surface area contributed by atoms with Crippen LogP contribution < -0.4 is 10.1 Å². The van der Waals surface area contributed by atoms with Gasteiger partial charge in [-0.2, -0.15) is 19.6 Å². The Kier molecular flexibility index (Phi) is 11.0. The summed E-state index contributed by atoms with van der Waals surface area (Å²) >= 11 is 0. The number of hydrogen-bond donors (Lipinski definition) is 1. The predicted molar refractivity (Wildman–Crippen MR) is 175 cm³/mol. The minimum absolute atomic E-state index is 0.0218. The molecule has 2 saturated heterocycles. The fourth-order valence-corrected chi connectivity index (χ4v) is 6.00. The molecule has 0 radical (unpaired) electrons. The van der Waals surface area contributed by atoms with E-state index in [9.17, 15) is 14.0 Å². The van der Waals surface area contributed by atoms with E-state index in [1.165, 1.54) is 6.07 Å². The second kappa shape index (κ2) is 15.1. The van der Waals surface area contributed by atoms with Crippen molar-refractivity contribution < 1.29 is 18.7 Å². The van der Waals surface area contributed by atoms with Gasteiger partial charge in [0.25, 0.3) is 0 Å². The Balaban J connectivity index is 1.26. The Morgan fingerprint density at radius 1 is 1.15 bits per heavy atom. The molecule has 1 aromatic carbocycles. The third-order valence-corrected chi connectivity index (χ3v) is 8.78. The molecule has 0 saturated carbocycles. The summed E-state index contributed by atoms with van der Waals surface area (Å²) in [5.74, 6) is -0.177. The van der Waals surface area contributed by atoms with Crippen molar-refractivity contribution in [3.05, 3.63) is 59.1 Å². The van der Waals surface area contributed by atoms with E-state index < -0.39 is 5.82 Å². The van der Waals surface area contributed by atoms with Crippen molar-refractivity contribution in [3.63, 3.8) is 0 Å². The number of ketones is 1. The lowest BCUT2D eigenvalue weighted by Gasteiger charge is -2.31. The molecule has 248 valence electrons. The van der Waals surface area contributed by atoms with Crippen molar-refractivity contribution >= 4 is 23.3 Å². The molecule has 12 heteroatoms. The molecule has 46 heavy (non-hydrogen) atoms. The molecule has 11 nitrogen and oxygen atoms in total. The van der Waals surface area contributed by atoms with Crippen LogP contribution in [0.3, 0.4) is 0 Å². The number of aromatic nitrogens is 4. The van der Waals surface area contributed by atoms with Crippen LogP contribution in [-0.2, 0) is 22.6 Å². The largest absolute Gasteiger partial charge is 0.460 e. The van der Waals surface area contributed by atoms with E-state index in [2.05, 4.69) is 41.2 Å². The number of fused-ring (bicyclic) bond motifs is 1. The van der Waals surface area contributed by atoms with Crippen LogP contribution in [0.5, 0.6) is 6.01 Å². The minimum atomic E-state index is -0.417. The van der Waals surface area contributed by atoms with Crippen LogP contribution in [0, 0.1) is 11.7 Å². The van der Waals surface area contributed by atoms with E-state index in [0.717, 1.165) is 43.5 Å². The van der Waals surface area contributed by atoms with Gasteiger partial charge in [0.15, 0.2) is 5.65 Å². The molecule has 4 heterocycles. The second-order valence-electron chi connectivity index (χ2n) is 13.2. The number of Topliss-reactive ketones (excluding diaryl/α,β-unsaturated/α-hetero) is 1. The molecule has 0 aliphatic carbocycles. The summed E-state index contributed by atoms with van der Waals surface area (Å²) in [6.07, 6.45) is 8.49. The number of hydrogen-bond acceptors (Lipinski definition) is 9. The van der Waals surface area contributed by atoms with Gasteiger partial charge < -0.3 is 24.8 Å². The standard InChI is InChI=1S/C34H47FN8O3/c1-23(2)28-21-37-43-32(28)38-34(46-27-12-16-41(5)17-13-27)39-33(43)36-20-24-10-11-29(35)26(18-24)19-30(44)25-8-6-15-42(22-25)31(45)9-7-14-40(3)4/h7,9-11,18,21,23,25,27H,6,8,12-17,19-20,22H2,1-5H3,(H,36,38,39)/b9-7+. The summed E-state index contributed by atoms with van der Waals surface area (Å²) in [7, 11) is 5.99. The van der Waals surface area contributed by atoms with E-state index in [-0.39, 0.29) is 36.1 Å². The number of rotatable bonds is 12. The monoisotopic (exact) mass is 634 g/mol. The minimum Gasteiger partial charge on any atom is -0.460 e. The SMILES string of the molecule is CC(C)c1cnn2c(NCc3ccc(F)c(CC(=O)C4CCCN(C(=O)/C=C/CN(C)C)C4)c3)nc(OC3CCN(C)CC3)nc12. The third-order valence-electron chi connectivity index (χ3n) is 8.78. The first kappa shape index (κ1) is 33.5. The van der Waals surface area contributed by atoms with Crippen LogP contribution in [0.25, 0.3) is 5.65 Å². The van der Waals surface area contributed by atoms with Crippen LogP contribution >= 0.6 is 0 Å². The van der Waals surface area contributed by atoms with Crippen molar-refractivity contribution in [3.8, 4) is 6.01 Å². The van der Waals surface area contributed by atoms with Gasteiger partial charge in [0.2, 0.25) is 11.9 Å². The highest BCUT2D eigenvalue weighted by Crippen LogP contribution is 2.25. The fourth-order valence-electron chi connectivity index (χ4n) is 6.00. The molecule has 5 rings (SSSR count). The van der Waals surface area contributed by atoms with Crippen LogP contribution in [-0.4, -0.2) is 106 Å². The van der Waals surface area contributed by atoms with E-state index in [1.54, 1.807) is 33.8 Å². The Bertz CT molecular complexity index is 1550. The Hall–Kier alpha value is -3.90. The topological polar surface area (TPSA) is 108 Å². The third kappa shape index (κ3) is 8.47. The number of likely N-dealkylation sites (N-methyl/N-ethyl adjacent to an activating group) is 1. The van der Waals surface area contributed by atoms with Gasteiger partial charge in [-0.3, -0.25) is 9.59 Å². The summed E-state index contributed by atoms with van der Waals surface area (Å²) in [6.45, 7) is 8.10. The number of halogens is 1. The van der Waals surface area contributed by atoms with E-state index in [4.69, 9.17) is 9.72 Å². The molecule has 2 aliphatic rings. The maximum Gasteiger partial charge on any atom is 0.322 e. The van der Waals surface area contributed by atoms with Crippen molar-refractivity contribution in [1.82, 2.24) is 34.3 Å². The highest BCUT2D eigenvalue weighted by molar-refractivity contribution is 5.89. The maximum absolute atomic E-state index is 15.0. The molecule has 2 aliphatic heterocycles. The van der Waals surface area contributed by atoms with Gasteiger partial charge in [-0.1, -0.05) is 32.1 Å². The molecular weight excluding hydrogens is 587 g/mol. The molecule has 1 amide bonds. The normalized spacial score (nSPS) is 18.3. The Morgan fingerprint density at radius 2 is 1.93 bits per heavy atom. The number of likely N-dealkylation sites (tertiary alicyclic amines) is 2. The summed E-state index contributed by atoms with van der Waals surface area (Å²) in [5, 5.41) is 7.89. The molecular formula is C34H47FN8O3. The molecule has 0 bridgehead atoms. The summed E-state index contributed by atoms with van der Waals surface area (Å²) in [6, 6.07) is 5.15. The van der Waals surface area contributed by atoms with Gasteiger partial charge in [-0.25, -0.2) is 4.39 Å². The number of nitrogens with zero attached hydrogens (tertiary/aromatic N) is 7. The zero-order valence-corrected chi connectivity index (χ0v) is 27.7. The van der Waals surface area contributed by atoms with E-state index in [1.807, 2.05) is 25.1 Å². The van der Waals surface area contributed by atoms with Crippen LogP contribution in [0.15, 0.2) is 36.5 Å². The average Bonchev–Trinajstić information content (AvgIpc) is 3.47. The van der Waals surface area contributed by atoms with Gasteiger partial charge in [0.1, 0.15) is 17.7 Å². The number of nitrogens with one attached hydrogen (secondary N) is 1. The fraction of sp³-hybridized carbons (Fsp3) is 0.559. The number of ether oxygens (including phenoxy) is 1. The first-order valence-electron chi connectivity index (χ1n) is 16.3. The van der Waals surface area contributed by atoms with Crippen molar-refractivity contribution in [2.75, 3.05) is 59.2 Å². The number of anilines is 1.